The van der Waals surface area contributed by atoms with E-state index >= 15 is 0 Å². The summed E-state index contributed by atoms with van der Waals surface area (Å²) in [6.07, 6.45) is 2.56. The van der Waals surface area contributed by atoms with Crippen LogP contribution in [0.5, 0.6) is 0 Å². The molecule has 1 N–H and O–H groups in total. The molecular formula is C17H20N2O3S. The number of hydrogen-bond donors (Lipinski definition) is 1. The molecular weight excluding hydrogens is 312 g/mol. The zero-order chi connectivity index (χ0) is 16.8. The highest BCUT2D eigenvalue weighted by atomic mass is 32.1. The average molecular weight is 332 g/mol. The predicted molar refractivity (Wildman–Crippen MR) is 89.8 cm³/mol. The van der Waals surface area contributed by atoms with Crippen molar-refractivity contribution < 1.29 is 14.7 Å². The summed E-state index contributed by atoms with van der Waals surface area (Å²) in [5.74, 6) is -1.07. The normalized spacial score (nSPS) is 10.7. The number of hydrogen-bond acceptors (Lipinski definition) is 4. The molecule has 2 rings (SSSR count). The maximum Gasteiger partial charge on any atom is 0.335 e. The third-order valence-corrected chi connectivity index (χ3v) is 4.42. The van der Waals surface area contributed by atoms with Crippen molar-refractivity contribution in [2.24, 2.45) is 0 Å². The van der Waals surface area contributed by atoms with Crippen molar-refractivity contribution in [3.05, 3.63) is 52.0 Å². The fourth-order valence-electron chi connectivity index (χ4n) is 2.41. The molecule has 1 aromatic carbocycles. The molecule has 122 valence electrons. The lowest BCUT2D eigenvalue weighted by Gasteiger charge is -2.27. The predicted octanol–water partition coefficient (Wildman–Crippen LogP) is 2.86. The van der Waals surface area contributed by atoms with Gasteiger partial charge < -0.3 is 10.0 Å². The third kappa shape index (κ3) is 4.63. The largest absolute Gasteiger partial charge is 0.478 e. The van der Waals surface area contributed by atoms with E-state index in [1.54, 1.807) is 40.6 Å². The number of carbonyl (C=O) groups is 2. The molecule has 0 bridgehead atoms. The Morgan fingerprint density at radius 2 is 2.04 bits per heavy atom. The molecule has 0 aliphatic rings. The number of aromatic carboxylic acids is 1. The summed E-state index contributed by atoms with van der Waals surface area (Å²) in [6, 6.07) is 6.70. The van der Waals surface area contributed by atoms with Crippen molar-refractivity contribution in [3.8, 4) is 0 Å². The SMILES string of the molecule is CC(C)N(CCc1nccs1)C(=O)Cc1ccccc1C(=O)O. The molecule has 2 aromatic rings. The number of thiazole rings is 1. The van der Waals surface area contributed by atoms with Crippen LogP contribution < -0.4 is 0 Å². The molecule has 0 atom stereocenters. The van der Waals surface area contributed by atoms with Gasteiger partial charge in [-0.15, -0.1) is 11.3 Å². The highest BCUT2D eigenvalue weighted by molar-refractivity contribution is 7.09. The molecule has 5 nitrogen and oxygen atoms in total. The molecule has 0 radical (unpaired) electrons. The lowest BCUT2D eigenvalue weighted by atomic mass is 10.0. The lowest BCUT2D eigenvalue weighted by Crippen LogP contribution is -2.39. The van der Waals surface area contributed by atoms with E-state index in [-0.39, 0.29) is 23.9 Å². The van der Waals surface area contributed by atoms with Crippen LogP contribution in [0.1, 0.15) is 34.8 Å². The Kier molecular flexibility index (Phi) is 5.87. The van der Waals surface area contributed by atoms with Crippen LogP contribution in [0.25, 0.3) is 0 Å². The minimum Gasteiger partial charge on any atom is -0.478 e. The van der Waals surface area contributed by atoms with E-state index in [4.69, 9.17) is 0 Å². The van der Waals surface area contributed by atoms with Gasteiger partial charge in [-0.05, 0) is 25.5 Å². The second kappa shape index (κ2) is 7.87. The van der Waals surface area contributed by atoms with E-state index in [0.717, 1.165) is 5.01 Å². The molecule has 0 fully saturated rings. The van der Waals surface area contributed by atoms with E-state index in [0.29, 0.717) is 18.5 Å². The van der Waals surface area contributed by atoms with E-state index < -0.39 is 5.97 Å². The summed E-state index contributed by atoms with van der Waals surface area (Å²) in [5, 5.41) is 12.1. The van der Waals surface area contributed by atoms with Crippen molar-refractivity contribution in [1.29, 1.82) is 0 Å². The first-order valence-electron chi connectivity index (χ1n) is 7.48. The minimum absolute atomic E-state index is 0.0550. The molecule has 0 spiro atoms. The van der Waals surface area contributed by atoms with E-state index in [1.807, 2.05) is 19.2 Å². The van der Waals surface area contributed by atoms with Crippen LogP contribution in [-0.4, -0.2) is 39.5 Å². The molecule has 1 heterocycles. The van der Waals surface area contributed by atoms with Gasteiger partial charge in [0, 0.05) is 30.6 Å². The Morgan fingerprint density at radius 1 is 1.30 bits per heavy atom. The summed E-state index contributed by atoms with van der Waals surface area (Å²) in [6.45, 7) is 4.50. The highest BCUT2D eigenvalue weighted by Crippen LogP contribution is 2.13. The molecule has 0 saturated carbocycles. The fourth-order valence-corrected chi connectivity index (χ4v) is 3.02. The Balaban J connectivity index is 2.08. The summed E-state index contributed by atoms with van der Waals surface area (Å²) in [5.41, 5.74) is 0.731. The first-order chi connectivity index (χ1) is 11.0. The molecule has 23 heavy (non-hydrogen) atoms. The Hall–Kier alpha value is -2.21. The van der Waals surface area contributed by atoms with Gasteiger partial charge in [0.25, 0.3) is 0 Å². The van der Waals surface area contributed by atoms with Crippen LogP contribution in [0.2, 0.25) is 0 Å². The monoisotopic (exact) mass is 332 g/mol. The minimum atomic E-state index is -1.01. The van der Waals surface area contributed by atoms with Crippen molar-refractivity contribution in [3.63, 3.8) is 0 Å². The number of benzene rings is 1. The van der Waals surface area contributed by atoms with Gasteiger partial charge >= 0.3 is 5.97 Å². The zero-order valence-corrected chi connectivity index (χ0v) is 14.0. The van der Waals surface area contributed by atoms with Crippen molar-refractivity contribution in [2.75, 3.05) is 6.54 Å². The number of aromatic nitrogens is 1. The van der Waals surface area contributed by atoms with Gasteiger partial charge in [-0.2, -0.15) is 0 Å². The van der Waals surface area contributed by atoms with E-state index in [1.165, 1.54) is 6.07 Å². The summed E-state index contributed by atoms with van der Waals surface area (Å²) < 4.78 is 0. The molecule has 0 aliphatic heterocycles. The van der Waals surface area contributed by atoms with E-state index in [2.05, 4.69) is 4.98 Å². The topological polar surface area (TPSA) is 70.5 Å². The first-order valence-corrected chi connectivity index (χ1v) is 8.36. The number of nitrogens with zero attached hydrogens (tertiary/aromatic N) is 2. The molecule has 1 aromatic heterocycles. The maximum absolute atomic E-state index is 12.6. The van der Waals surface area contributed by atoms with Crippen molar-refractivity contribution in [1.82, 2.24) is 9.88 Å². The smallest absolute Gasteiger partial charge is 0.335 e. The molecule has 0 saturated heterocycles. The molecule has 6 heteroatoms. The third-order valence-electron chi connectivity index (χ3n) is 3.58. The Labute approximate surface area is 139 Å². The highest BCUT2D eigenvalue weighted by Gasteiger charge is 2.20. The van der Waals surface area contributed by atoms with Gasteiger partial charge in [0.2, 0.25) is 5.91 Å². The second-order valence-corrected chi connectivity index (χ2v) is 6.47. The summed E-state index contributed by atoms with van der Waals surface area (Å²) in [7, 11) is 0. The van der Waals surface area contributed by atoms with E-state index in [9.17, 15) is 14.7 Å². The van der Waals surface area contributed by atoms with Gasteiger partial charge in [-0.3, -0.25) is 4.79 Å². The second-order valence-electron chi connectivity index (χ2n) is 5.50. The first kappa shape index (κ1) is 17.1. The van der Waals surface area contributed by atoms with Crippen LogP contribution in [0.15, 0.2) is 35.8 Å². The quantitative estimate of drug-likeness (QED) is 0.846. The van der Waals surface area contributed by atoms with Crippen LogP contribution >= 0.6 is 11.3 Å². The molecule has 1 amide bonds. The Morgan fingerprint density at radius 3 is 2.65 bits per heavy atom. The van der Waals surface area contributed by atoms with Gasteiger partial charge in [-0.1, -0.05) is 18.2 Å². The van der Waals surface area contributed by atoms with Crippen LogP contribution in [-0.2, 0) is 17.6 Å². The zero-order valence-electron chi connectivity index (χ0n) is 13.2. The van der Waals surface area contributed by atoms with Gasteiger partial charge in [-0.25, -0.2) is 9.78 Å². The number of rotatable bonds is 7. The van der Waals surface area contributed by atoms with Crippen molar-refractivity contribution >= 4 is 23.2 Å². The number of carboxylic acid groups (broad SMARTS) is 1. The van der Waals surface area contributed by atoms with Crippen molar-refractivity contribution in [2.45, 2.75) is 32.7 Å². The van der Waals surface area contributed by atoms with Gasteiger partial charge in [0.15, 0.2) is 0 Å². The fraction of sp³-hybridized carbons (Fsp3) is 0.353. The van der Waals surface area contributed by atoms with Gasteiger partial charge in [0.05, 0.1) is 17.0 Å². The average Bonchev–Trinajstić information content (AvgIpc) is 3.00. The number of carbonyl (C=O) groups excluding carboxylic acids is 1. The van der Waals surface area contributed by atoms with Gasteiger partial charge in [0.1, 0.15) is 0 Å². The standard InChI is InChI=1S/C17H20N2O3S/c1-12(2)19(9-7-15-18-8-10-23-15)16(20)11-13-5-3-4-6-14(13)17(21)22/h3-6,8,10,12H,7,9,11H2,1-2H3,(H,21,22). The summed E-state index contributed by atoms with van der Waals surface area (Å²) in [4.78, 5) is 29.9. The summed E-state index contributed by atoms with van der Waals surface area (Å²) >= 11 is 1.57. The number of carboxylic acids is 1. The lowest BCUT2D eigenvalue weighted by molar-refractivity contribution is -0.132. The maximum atomic E-state index is 12.6. The Bertz CT molecular complexity index is 668. The van der Waals surface area contributed by atoms with Crippen LogP contribution in [0, 0.1) is 0 Å². The van der Waals surface area contributed by atoms with Crippen LogP contribution in [0.3, 0.4) is 0 Å². The molecule has 0 unspecified atom stereocenters. The van der Waals surface area contributed by atoms with Crippen LogP contribution in [0.4, 0.5) is 0 Å². The number of amides is 1. The molecule has 0 aliphatic carbocycles.